The number of carbonyl (C=O) groups excluding carboxylic acids is 1. The van der Waals surface area contributed by atoms with Crippen LogP contribution in [0.3, 0.4) is 0 Å². The number of methoxy groups -OCH3 is 1. The molecular weight excluding hydrogens is 372 g/mol. The predicted octanol–water partition coefficient (Wildman–Crippen LogP) is 4.90. The van der Waals surface area contributed by atoms with Crippen molar-refractivity contribution in [2.24, 2.45) is 5.92 Å². The monoisotopic (exact) mass is 396 g/mol. The van der Waals surface area contributed by atoms with E-state index in [0.717, 1.165) is 29.5 Å². The zero-order valence-corrected chi connectivity index (χ0v) is 17.0. The van der Waals surface area contributed by atoms with E-state index in [-0.39, 0.29) is 11.9 Å². The lowest BCUT2D eigenvalue weighted by Gasteiger charge is -2.30. The lowest BCUT2D eigenvalue weighted by atomic mass is 9.73. The molecule has 0 spiro atoms. The first-order valence-electron chi connectivity index (χ1n) is 9.74. The van der Waals surface area contributed by atoms with Crippen LogP contribution in [-0.2, 0) is 14.9 Å². The molecule has 4 nitrogen and oxygen atoms in total. The summed E-state index contributed by atoms with van der Waals surface area (Å²) in [5.74, 6) is 0.747. The smallest absolute Gasteiger partial charge is 0.239 e. The number of nitrogens with one attached hydrogen (secondary N) is 1. The van der Waals surface area contributed by atoms with Crippen LogP contribution < -0.4 is 0 Å². The first-order valence-corrected chi connectivity index (χ1v) is 10.1. The summed E-state index contributed by atoms with van der Waals surface area (Å²) >= 11 is 6.17. The average Bonchev–Trinajstić information content (AvgIpc) is 3.48. The van der Waals surface area contributed by atoms with Gasteiger partial charge in [-0.1, -0.05) is 48.0 Å². The van der Waals surface area contributed by atoms with Gasteiger partial charge in [0.15, 0.2) is 0 Å². The van der Waals surface area contributed by atoms with Gasteiger partial charge in [0.1, 0.15) is 5.84 Å². The van der Waals surface area contributed by atoms with Gasteiger partial charge in [-0.25, -0.2) is 0 Å². The van der Waals surface area contributed by atoms with Crippen LogP contribution in [0.15, 0.2) is 48.5 Å². The van der Waals surface area contributed by atoms with Gasteiger partial charge < -0.3 is 4.74 Å². The second kappa shape index (κ2) is 7.34. The maximum atomic E-state index is 13.6. The third-order valence-corrected chi connectivity index (χ3v) is 6.23. The van der Waals surface area contributed by atoms with Crippen LogP contribution in [0, 0.1) is 11.3 Å². The quantitative estimate of drug-likeness (QED) is 0.755. The van der Waals surface area contributed by atoms with E-state index in [9.17, 15) is 4.79 Å². The molecule has 1 unspecified atom stereocenters. The van der Waals surface area contributed by atoms with Crippen molar-refractivity contribution < 1.29 is 9.53 Å². The number of amides is 1. The van der Waals surface area contributed by atoms with Crippen LogP contribution in [-0.4, -0.2) is 36.4 Å². The summed E-state index contributed by atoms with van der Waals surface area (Å²) in [5, 5.41) is 9.24. The molecule has 1 aliphatic carbocycles. The summed E-state index contributed by atoms with van der Waals surface area (Å²) in [5.41, 5.74) is 2.45. The fraction of sp³-hybridized carbons (Fsp3) is 0.391. The van der Waals surface area contributed by atoms with Crippen molar-refractivity contribution in [3.05, 3.63) is 59.1 Å². The van der Waals surface area contributed by atoms with Crippen molar-refractivity contribution in [1.29, 1.82) is 5.41 Å². The molecule has 2 aromatic carbocycles. The van der Waals surface area contributed by atoms with Crippen LogP contribution >= 0.6 is 11.6 Å². The Morgan fingerprint density at radius 2 is 1.89 bits per heavy atom. The zero-order chi connectivity index (χ0) is 19.9. The van der Waals surface area contributed by atoms with Gasteiger partial charge in [-0.15, -0.1) is 0 Å². The summed E-state index contributed by atoms with van der Waals surface area (Å²) in [6, 6.07) is 15.8. The van der Waals surface area contributed by atoms with E-state index in [1.807, 2.05) is 49.4 Å². The number of nitrogens with zero attached hydrogens (tertiary/aromatic N) is 1. The van der Waals surface area contributed by atoms with Gasteiger partial charge in [-0.05, 0) is 54.5 Å². The number of carbonyl (C=O) groups is 1. The minimum atomic E-state index is -0.631. The normalized spacial score (nSPS) is 23.3. The molecule has 4 rings (SSSR count). The van der Waals surface area contributed by atoms with Crippen LogP contribution in [0.1, 0.15) is 31.7 Å². The van der Waals surface area contributed by atoms with Gasteiger partial charge in [0, 0.05) is 18.6 Å². The van der Waals surface area contributed by atoms with Crippen molar-refractivity contribution in [2.45, 2.75) is 37.6 Å². The van der Waals surface area contributed by atoms with Gasteiger partial charge in [-0.3, -0.25) is 15.1 Å². The maximum absolute atomic E-state index is 13.6. The minimum Gasteiger partial charge on any atom is -0.383 e. The van der Waals surface area contributed by atoms with E-state index >= 15 is 0 Å². The van der Waals surface area contributed by atoms with Crippen molar-refractivity contribution in [2.75, 3.05) is 13.7 Å². The standard InChI is InChI=1S/C23H25ClN2O2/c1-15(14-28-2)26-21(25)13-23(22(26)27,18-9-10-18)19-7-3-5-16(11-19)17-6-4-8-20(24)12-17/h3-8,11-12,15,18,25H,9-10,13-14H2,1-2H3/t15-,23?/m0/s1. The fourth-order valence-electron chi connectivity index (χ4n) is 4.54. The molecule has 2 aliphatic rings. The molecule has 2 aromatic rings. The lowest BCUT2D eigenvalue weighted by molar-refractivity contribution is -0.133. The average molecular weight is 397 g/mol. The third kappa shape index (κ3) is 3.15. The number of amidine groups is 1. The van der Waals surface area contributed by atoms with E-state index in [1.165, 1.54) is 0 Å². The molecule has 1 saturated heterocycles. The predicted molar refractivity (Wildman–Crippen MR) is 112 cm³/mol. The van der Waals surface area contributed by atoms with Crippen molar-refractivity contribution in [1.82, 2.24) is 4.90 Å². The Bertz CT molecular complexity index is 924. The Morgan fingerprint density at radius 3 is 2.54 bits per heavy atom. The van der Waals surface area contributed by atoms with Crippen molar-refractivity contribution in [3.8, 4) is 11.1 Å². The highest BCUT2D eigenvalue weighted by Gasteiger charge is 2.59. The number of benzene rings is 2. The van der Waals surface area contributed by atoms with Gasteiger partial charge >= 0.3 is 0 Å². The molecule has 2 atom stereocenters. The summed E-state index contributed by atoms with van der Waals surface area (Å²) in [7, 11) is 1.63. The van der Waals surface area contributed by atoms with Gasteiger partial charge in [0.05, 0.1) is 18.1 Å². The van der Waals surface area contributed by atoms with Gasteiger partial charge in [0.2, 0.25) is 5.91 Å². The molecule has 0 radical (unpaired) electrons. The molecule has 146 valence electrons. The maximum Gasteiger partial charge on any atom is 0.239 e. The number of hydrogen-bond donors (Lipinski definition) is 1. The highest BCUT2D eigenvalue weighted by Crippen LogP contribution is 2.54. The second-order valence-corrected chi connectivity index (χ2v) is 8.38. The van der Waals surface area contributed by atoms with Crippen LogP contribution in [0.5, 0.6) is 0 Å². The molecule has 1 aliphatic heterocycles. The molecule has 0 aromatic heterocycles. The number of halogens is 1. The molecule has 0 bridgehead atoms. The minimum absolute atomic E-state index is 0.0489. The lowest BCUT2D eigenvalue weighted by Crippen LogP contribution is -2.45. The van der Waals surface area contributed by atoms with Crippen molar-refractivity contribution in [3.63, 3.8) is 0 Å². The topological polar surface area (TPSA) is 53.4 Å². The SMILES string of the molecule is COC[C@H](C)N1C(=N)CC(c2cccc(-c3cccc(Cl)c3)c2)(C2CC2)C1=O. The van der Waals surface area contributed by atoms with E-state index in [2.05, 4.69) is 6.07 Å². The van der Waals surface area contributed by atoms with E-state index < -0.39 is 5.41 Å². The van der Waals surface area contributed by atoms with Crippen LogP contribution in [0.25, 0.3) is 11.1 Å². The Kier molecular flexibility index (Phi) is 5.02. The zero-order valence-electron chi connectivity index (χ0n) is 16.2. The third-order valence-electron chi connectivity index (χ3n) is 6.00. The second-order valence-electron chi connectivity index (χ2n) is 7.94. The summed E-state index contributed by atoms with van der Waals surface area (Å²) in [6.07, 6.45) is 2.53. The first-order chi connectivity index (χ1) is 13.5. The number of rotatable bonds is 6. The van der Waals surface area contributed by atoms with Crippen LogP contribution in [0.4, 0.5) is 0 Å². The molecule has 5 heteroatoms. The van der Waals surface area contributed by atoms with Crippen LogP contribution in [0.2, 0.25) is 5.02 Å². The largest absolute Gasteiger partial charge is 0.383 e. The number of ether oxygens (including phenoxy) is 1. The fourth-order valence-corrected chi connectivity index (χ4v) is 4.74. The molecule has 2 fully saturated rings. The number of likely N-dealkylation sites (tertiary alicyclic amines) is 1. The highest BCUT2D eigenvalue weighted by atomic mass is 35.5. The molecule has 1 heterocycles. The molecule has 1 amide bonds. The molecule has 28 heavy (non-hydrogen) atoms. The summed E-state index contributed by atoms with van der Waals surface area (Å²) < 4.78 is 5.25. The first kappa shape index (κ1) is 19.2. The molecular formula is C23H25ClN2O2. The van der Waals surface area contributed by atoms with E-state index in [1.54, 1.807) is 12.0 Å². The van der Waals surface area contributed by atoms with Gasteiger partial charge in [0.25, 0.3) is 0 Å². The molecule has 1 N–H and O–H groups in total. The Morgan fingerprint density at radius 1 is 1.21 bits per heavy atom. The Hall–Kier alpha value is -2.17. The Labute approximate surface area is 171 Å². The summed E-state index contributed by atoms with van der Waals surface area (Å²) in [6.45, 7) is 2.37. The highest BCUT2D eigenvalue weighted by molar-refractivity contribution is 6.30. The van der Waals surface area contributed by atoms with Gasteiger partial charge in [-0.2, -0.15) is 0 Å². The van der Waals surface area contributed by atoms with E-state index in [0.29, 0.717) is 29.8 Å². The molecule has 1 saturated carbocycles. The van der Waals surface area contributed by atoms with Crippen molar-refractivity contribution >= 4 is 23.3 Å². The Balaban J connectivity index is 1.76. The van der Waals surface area contributed by atoms with E-state index in [4.69, 9.17) is 21.7 Å². The number of hydrogen-bond acceptors (Lipinski definition) is 3. The summed E-state index contributed by atoms with van der Waals surface area (Å²) in [4.78, 5) is 15.3.